The molecule has 0 amide bonds. The highest BCUT2D eigenvalue weighted by molar-refractivity contribution is 6.31. The lowest BCUT2D eigenvalue weighted by atomic mass is 10.3. The third-order valence-corrected chi connectivity index (χ3v) is 2.20. The standard InChI is InChI=1S/C14H21ClN2O/c1-5-8-12(17-7-3)10-18-14(6-2)13(15)9-11(4)16/h5-6,8-9H,4,7,10,16H2,1-3H3/b8-5-,13-9+,14-6+,17-12?. The van der Waals surface area contributed by atoms with Gasteiger partial charge in [-0.1, -0.05) is 24.3 Å². The fourth-order valence-corrected chi connectivity index (χ4v) is 1.52. The van der Waals surface area contributed by atoms with Crippen molar-refractivity contribution in [1.82, 2.24) is 0 Å². The first-order valence-corrected chi connectivity index (χ1v) is 6.20. The Balaban J connectivity index is 4.67. The number of halogens is 1. The van der Waals surface area contributed by atoms with Crippen LogP contribution in [0.25, 0.3) is 0 Å². The van der Waals surface area contributed by atoms with E-state index in [9.17, 15) is 0 Å². The molecule has 0 bridgehead atoms. The minimum atomic E-state index is 0.374. The molecular formula is C14H21ClN2O. The fraction of sp³-hybridized carbons (Fsp3) is 0.357. The molecule has 0 aliphatic heterocycles. The first-order valence-electron chi connectivity index (χ1n) is 5.82. The van der Waals surface area contributed by atoms with Gasteiger partial charge in [0.1, 0.15) is 12.4 Å². The summed E-state index contributed by atoms with van der Waals surface area (Å²) < 4.78 is 5.60. The van der Waals surface area contributed by atoms with Crippen molar-refractivity contribution in [3.05, 3.63) is 47.4 Å². The van der Waals surface area contributed by atoms with E-state index in [1.165, 1.54) is 0 Å². The maximum atomic E-state index is 6.05. The topological polar surface area (TPSA) is 47.6 Å². The molecule has 0 atom stereocenters. The number of rotatable bonds is 7. The van der Waals surface area contributed by atoms with Crippen LogP contribution >= 0.6 is 11.6 Å². The predicted molar refractivity (Wildman–Crippen MR) is 79.8 cm³/mol. The van der Waals surface area contributed by atoms with E-state index in [0.29, 0.717) is 23.1 Å². The summed E-state index contributed by atoms with van der Waals surface area (Å²) in [5, 5.41) is 0.432. The van der Waals surface area contributed by atoms with Crippen molar-refractivity contribution in [1.29, 1.82) is 0 Å². The molecule has 0 unspecified atom stereocenters. The van der Waals surface area contributed by atoms with Crippen LogP contribution in [-0.2, 0) is 4.74 Å². The SMILES string of the molecule is C=C(N)/C=C(Cl)\C(=C/C)OCC(/C=C\C)=NCC. The van der Waals surface area contributed by atoms with Crippen molar-refractivity contribution in [2.24, 2.45) is 10.7 Å². The summed E-state index contributed by atoms with van der Waals surface area (Å²) in [6.07, 6.45) is 7.17. The molecule has 0 saturated carbocycles. The van der Waals surface area contributed by atoms with Crippen LogP contribution in [0.15, 0.2) is 52.4 Å². The van der Waals surface area contributed by atoms with Crippen LogP contribution in [0.5, 0.6) is 0 Å². The molecule has 2 N–H and O–H groups in total. The van der Waals surface area contributed by atoms with Crippen molar-refractivity contribution in [3.63, 3.8) is 0 Å². The number of nitrogens with zero attached hydrogens (tertiary/aromatic N) is 1. The Kier molecular flexibility index (Phi) is 8.76. The average Bonchev–Trinajstić information content (AvgIpc) is 2.29. The summed E-state index contributed by atoms with van der Waals surface area (Å²) in [6.45, 7) is 10.4. The summed E-state index contributed by atoms with van der Waals surface area (Å²) in [6, 6.07) is 0. The van der Waals surface area contributed by atoms with Crippen LogP contribution < -0.4 is 5.73 Å². The van der Waals surface area contributed by atoms with Crippen molar-refractivity contribution in [2.75, 3.05) is 13.2 Å². The van der Waals surface area contributed by atoms with E-state index in [2.05, 4.69) is 11.6 Å². The van der Waals surface area contributed by atoms with Crippen molar-refractivity contribution in [2.45, 2.75) is 20.8 Å². The van der Waals surface area contributed by atoms with Crippen LogP contribution in [0, 0.1) is 0 Å². The molecule has 0 radical (unpaired) electrons. The van der Waals surface area contributed by atoms with Gasteiger partial charge in [-0.2, -0.15) is 0 Å². The van der Waals surface area contributed by atoms with Crippen LogP contribution in [0.3, 0.4) is 0 Å². The molecule has 4 heteroatoms. The minimum absolute atomic E-state index is 0.374. The van der Waals surface area contributed by atoms with Crippen molar-refractivity contribution in [3.8, 4) is 0 Å². The third kappa shape index (κ3) is 6.97. The monoisotopic (exact) mass is 268 g/mol. The van der Waals surface area contributed by atoms with Crippen LogP contribution in [0.2, 0.25) is 0 Å². The highest BCUT2D eigenvalue weighted by atomic mass is 35.5. The Hall–Kier alpha value is -1.48. The van der Waals surface area contributed by atoms with Gasteiger partial charge in [0.2, 0.25) is 0 Å². The Morgan fingerprint density at radius 3 is 2.56 bits per heavy atom. The smallest absolute Gasteiger partial charge is 0.134 e. The van der Waals surface area contributed by atoms with Crippen molar-refractivity contribution < 1.29 is 4.74 Å². The van der Waals surface area contributed by atoms with Gasteiger partial charge in [0, 0.05) is 12.2 Å². The van der Waals surface area contributed by atoms with E-state index in [4.69, 9.17) is 22.1 Å². The Bertz CT molecular complexity index is 393. The lowest BCUT2D eigenvalue weighted by Crippen LogP contribution is -2.07. The molecule has 0 aromatic rings. The molecule has 0 rings (SSSR count). The number of allylic oxidation sites excluding steroid dienone is 4. The van der Waals surface area contributed by atoms with Gasteiger partial charge >= 0.3 is 0 Å². The Labute approximate surface area is 114 Å². The molecule has 18 heavy (non-hydrogen) atoms. The first kappa shape index (κ1) is 16.5. The quantitative estimate of drug-likeness (QED) is 0.436. The summed E-state index contributed by atoms with van der Waals surface area (Å²) in [4.78, 5) is 4.31. The Morgan fingerprint density at radius 2 is 2.11 bits per heavy atom. The molecule has 0 aliphatic rings. The van der Waals surface area contributed by atoms with Crippen LogP contribution in [-0.4, -0.2) is 18.9 Å². The van der Waals surface area contributed by atoms with Gasteiger partial charge in [0.25, 0.3) is 0 Å². The molecular weight excluding hydrogens is 248 g/mol. The second kappa shape index (κ2) is 9.54. The van der Waals surface area contributed by atoms with Gasteiger partial charge in [-0.15, -0.1) is 0 Å². The first-order chi connectivity index (χ1) is 8.54. The van der Waals surface area contributed by atoms with E-state index in [0.717, 1.165) is 12.3 Å². The van der Waals surface area contributed by atoms with Crippen LogP contribution in [0.4, 0.5) is 0 Å². The molecule has 0 aliphatic carbocycles. The Morgan fingerprint density at radius 1 is 1.44 bits per heavy atom. The second-order valence-corrected chi connectivity index (χ2v) is 3.88. The molecule has 0 heterocycles. The van der Waals surface area contributed by atoms with Gasteiger partial charge < -0.3 is 10.5 Å². The lowest BCUT2D eigenvalue weighted by molar-refractivity contribution is 0.271. The minimum Gasteiger partial charge on any atom is -0.486 e. The number of aliphatic imine (C=N–C) groups is 1. The predicted octanol–water partition coefficient (Wildman–Crippen LogP) is 3.54. The fourth-order valence-electron chi connectivity index (χ4n) is 1.22. The molecule has 100 valence electrons. The molecule has 0 aromatic carbocycles. The summed E-state index contributed by atoms with van der Waals surface area (Å²) in [7, 11) is 0. The van der Waals surface area contributed by atoms with Gasteiger partial charge in [-0.05, 0) is 39.0 Å². The highest BCUT2D eigenvalue weighted by Gasteiger charge is 2.04. The highest BCUT2D eigenvalue weighted by Crippen LogP contribution is 2.17. The molecule has 3 nitrogen and oxygen atoms in total. The normalized spacial score (nSPS) is 14.1. The van der Waals surface area contributed by atoms with E-state index in [-0.39, 0.29) is 0 Å². The van der Waals surface area contributed by atoms with E-state index in [1.807, 2.05) is 32.9 Å². The largest absolute Gasteiger partial charge is 0.486 e. The number of hydrogen-bond acceptors (Lipinski definition) is 3. The van der Waals surface area contributed by atoms with E-state index in [1.54, 1.807) is 12.2 Å². The average molecular weight is 269 g/mol. The van der Waals surface area contributed by atoms with Gasteiger partial charge in [0.05, 0.1) is 10.7 Å². The zero-order chi connectivity index (χ0) is 14.0. The molecule has 0 fully saturated rings. The summed E-state index contributed by atoms with van der Waals surface area (Å²) in [5.74, 6) is 0.566. The molecule has 0 saturated heterocycles. The maximum Gasteiger partial charge on any atom is 0.134 e. The number of ether oxygens (including phenoxy) is 1. The van der Waals surface area contributed by atoms with Crippen LogP contribution in [0.1, 0.15) is 20.8 Å². The van der Waals surface area contributed by atoms with Gasteiger partial charge in [0.15, 0.2) is 0 Å². The zero-order valence-corrected chi connectivity index (χ0v) is 12.0. The van der Waals surface area contributed by atoms with E-state index >= 15 is 0 Å². The summed E-state index contributed by atoms with van der Waals surface area (Å²) in [5.41, 5.74) is 6.72. The molecule has 0 spiro atoms. The lowest BCUT2D eigenvalue weighted by Gasteiger charge is -2.09. The second-order valence-electron chi connectivity index (χ2n) is 3.47. The maximum absolute atomic E-state index is 6.05. The molecule has 0 aromatic heterocycles. The zero-order valence-electron chi connectivity index (χ0n) is 11.2. The number of hydrogen-bond donors (Lipinski definition) is 1. The summed E-state index contributed by atoms with van der Waals surface area (Å²) >= 11 is 6.05. The van der Waals surface area contributed by atoms with E-state index < -0.39 is 0 Å². The number of nitrogens with two attached hydrogens (primary N) is 1. The third-order valence-electron chi connectivity index (χ3n) is 1.91. The van der Waals surface area contributed by atoms with Gasteiger partial charge in [-0.25, -0.2) is 0 Å². The van der Waals surface area contributed by atoms with Gasteiger partial charge in [-0.3, -0.25) is 4.99 Å². The van der Waals surface area contributed by atoms with Crippen molar-refractivity contribution >= 4 is 17.3 Å².